The quantitative estimate of drug-likeness (QED) is 0.773. The zero-order valence-corrected chi connectivity index (χ0v) is 10.6. The normalized spacial score (nSPS) is 10.6. The molecule has 0 fully saturated rings. The van der Waals surface area contributed by atoms with E-state index in [0.717, 1.165) is 11.0 Å². The average molecular weight is 272 g/mol. The van der Waals surface area contributed by atoms with Gasteiger partial charge in [0.15, 0.2) is 5.82 Å². The van der Waals surface area contributed by atoms with E-state index in [1.54, 1.807) is 24.3 Å². The number of hydrogen-bond donors (Lipinski definition) is 1. The number of aromatic nitrogens is 2. The second kappa shape index (κ2) is 4.74. The highest BCUT2D eigenvalue weighted by molar-refractivity contribution is 6.30. The molecule has 1 aromatic heterocycles. The van der Waals surface area contributed by atoms with Gasteiger partial charge in [-0.05, 0) is 36.4 Å². The molecule has 2 aromatic carbocycles. The van der Waals surface area contributed by atoms with Crippen LogP contribution in [0.2, 0.25) is 5.02 Å². The van der Waals surface area contributed by atoms with E-state index in [4.69, 9.17) is 22.1 Å². The fourth-order valence-electron chi connectivity index (χ4n) is 1.69. The van der Waals surface area contributed by atoms with Crippen molar-refractivity contribution in [3.63, 3.8) is 0 Å². The number of ether oxygens (including phenoxy) is 1. The summed E-state index contributed by atoms with van der Waals surface area (Å²) in [4.78, 5) is 8.60. The number of benzene rings is 2. The van der Waals surface area contributed by atoms with Crippen LogP contribution in [0, 0.1) is 0 Å². The summed E-state index contributed by atoms with van der Waals surface area (Å²) in [6, 6.07) is 14.5. The molecule has 0 saturated heterocycles. The van der Waals surface area contributed by atoms with Gasteiger partial charge in [0.05, 0.1) is 11.0 Å². The van der Waals surface area contributed by atoms with Gasteiger partial charge in [0.1, 0.15) is 5.75 Å². The Morgan fingerprint density at radius 3 is 2.21 bits per heavy atom. The summed E-state index contributed by atoms with van der Waals surface area (Å²) in [6.45, 7) is 0. The van der Waals surface area contributed by atoms with Crippen molar-refractivity contribution in [3.05, 3.63) is 53.6 Å². The molecule has 0 radical (unpaired) electrons. The predicted molar refractivity (Wildman–Crippen MR) is 75.5 cm³/mol. The monoisotopic (exact) mass is 271 g/mol. The van der Waals surface area contributed by atoms with E-state index >= 15 is 0 Å². The summed E-state index contributed by atoms with van der Waals surface area (Å²) < 4.78 is 5.61. The number of fused-ring (bicyclic) bond motifs is 1. The number of para-hydroxylation sites is 2. The third-order valence-corrected chi connectivity index (χ3v) is 2.84. The zero-order chi connectivity index (χ0) is 13.2. The Labute approximate surface area is 114 Å². The van der Waals surface area contributed by atoms with E-state index in [2.05, 4.69) is 9.97 Å². The summed E-state index contributed by atoms with van der Waals surface area (Å²) in [5.74, 6) is 1.16. The molecule has 2 N–H and O–H groups in total. The molecule has 0 saturated carbocycles. The fourth-order valence-corrected chi connectivity index (χ4v) is 1.81. The number of nitrogen functional groups attached to an aromatic ring is 1. The highest BCUT2D eigenvalue weighted by atomic mass is 35.5. The van der Waals surface area contributed by atoms with Gasteiger partial charge in [-0.25, -0.2) is 9.97 Å². The van der Waals surface area contributed by atoms with Crippen LogP contribution >= 0.6 is 11.6 Å². The molecule has 0 bridgehead atoms. The highest BCUT2D eigenvalue weighted by Crippen LogP contribution is 2.26. The predicted octanol–water partition coefficient (Wildman–Crippen LogP) is 3.66. The van der Waals surface area contributed by atoms with Crippen molar-refractivity contribution in [2.24, 2.45) is 0 Å². The van der Waals surface area contributed by atoms with E-state index in [1.807, 2.05) is 24.3 Å². The number of nitrogens with two attached hydrogens (primary N) is 1. The van der Waals surface area contributed by atoms with Gasteiger partial charge in [-0.3, -0.25) is 0 Å². The van der Waals surface area contributed by atoms with E-state index in [9.17, 15) is 0 Å². The van der Waals surface area contributed by atoms with Gasteiger partial charge in [0, 0.05) is 5.02 Å². The van der Waals surface area contributed by atoms with Gasteiger partial charge in [-0.15, -0.1) is 0 Å². The molecule has 0 atom stereocenters. The van der Waals surface area contributed by atoms with Crippen molar-refractivity contribution in [3.8, 4) is 11.6 Å². The molecule has 0 aliphatic heterocycles. The van der Waals surface area contributed by atoms with E-state index in [-0.39, 0.29) is 5.82 Å². The first-order valence-electron chi connectivity index (χ1n) is 5.68. The van der Waals surface area contributed by atoms with Gasteiger partial charge < -0.3 is 10.5 Å². The first-order valence-corrected chi connectivity index (χ1v) is 6.06. The maximum absolute atomic E-state index is 5.84. The fraction of sp³-hybridized carbons (Fsp3) is 0. The molecule has 5 heteroatoms. The van der Waals surface area contributed by atoms with Crippen LogP contribution in [0.15, 0.2) is 48.5 Å². The third-order valence-electron chi connectivity index (χ3n) is 2.59. The van der Waals surface area contributed by atoms with Crippen LogP contribution in [0.1, 0.15) is 0 Å². The molecular weight excluding hydrogens is 262 g/mol. The lowest BCUT2D eigenvalue weighted by Gasteiger charge is -2.07. The minimum absolute atomic E-state index is 0.258. The Hall–Kier alpha value is -2.33. The molecule has 0 aliphatic carbocycles. The maximum atomic E-state index is 5.84. The van der Waals surface area contributed by atoms with Crippen molar-refractivity contribution in [2.75, 3.05) is 5.73 Å². The van der Waals surface area contributed by atoms with Crippen LogP contribution < -0.4 is 10.5 Å². The minimum Gasteiger partial charge on any atom is -0.436 e. The number of rotatable bonds is 2. The first kappa shape index (κ1) is 11.7. The van der Waals surface area contributed by atoms with Crippen molar-refractivity contribution < 1.29 is 4.74 Å². The van der Waals surface area contributed by atoms with E-state index < -0.39 is 0 Å². The number of halogens is 1. The molecule has 0 unspecified atom stereocenters. The van der Waals surface area contributed by atoms with Crippen LogP contribution in [0.3, 0.4) is 0 Å². The second-order valence-corrected chi connectivity index (χ2v) is 4.40. The zero-order valence-electron chi connectivity index (χ0n) is 9.88. The van der Waals surface area contributed by atoms with Gasteiger partial charge in [0.25, 0.3) is 5.88 Å². The number of hydrogen-bond acceptors (Lipinski definition) is 4. The molecule has 3 rings (SSSR count). The molecule has 0 spiro atoms. The third kappa shape index (κ3) is 2.44. The molecule has 0 amide bonds. The molecule has 3 aromatic rings. The number of nitrogens with zero attached hydrogens (tertiary/aromatic N) is 2. The average Bonchev–Trinajstić information content (AvgIpc) is 2.42. The Balaban J connectivity index is 2.00. The largest absolute Gasteiger partial charge is 0.436 e. The summed E-state index contributed by atoms with van der Waals surface area (Å²) in [5.41, 5.74) is 7.32. The lowest BCUT2D eigenvalue weighted by molar-refractivity contribution is 0.466. The van der Waals surface area contributed by atoms with Gasteiger partial charge in [-0.1, -0.05) is 23.7 Å². The van der Waals surface area contributed by atoms with Crippen molar-refractivity contribution in [1.82, 2.24) is 9.97 Å². The molecule has 94 valence electrons. The van der Waals surface area contributed by atoms with Crippen LogP contribution in [-0.2, 0) is 0 Å². The van der Waals surface area contributed by atoms with Crippen LogP contribution in [0.5, 0.6) is 11.6 Å². The molecule has 1 heterocycles. The van der Waals surface area contributed by atoms with E-state index in [0.29, 0.717) is 16.7 Å². The Morgan fingerprint density at radius 2 is 1.53 bits per heavy atom. The Bertz CT molecular complexity index is 728. The standard InChI is InChI=1S/C14H10ClN3O/c15-9-5-7-10(8-6-9)19-14-13(16)17-11-3-1-2-4-12(11)18-14/h1-8H,(H2,16,17). The summed E-state index contributed by atoms with van der Waals surface area (Å²) in [6.07, 6.45) is 0. The maximum Gasteiger partial charge on any atom is 0.263 e. The highest BCUT2D eigenvalue weighted by Gasteiger charge is 2.08. The van der Waals surface area contributed by atoms with Crippen LogP contribution in [-0.4, -0.2) is 9.97 Å². The van der Waals surface area contributed by atoms with E-state index in [1.165, 1.54) is 0 Å². The summed E-state index contributed by atoms with van der Waals surface area (Å²) >= 11 is 5.82. The van der Waals surface area contributed by atoms with Crippen LogP contribution in [0.4, 0.5) is 5.82 Å². The second-order valence-electron chi connectivity index (χ2n) is 3.96. The Morgan fingerprint density at radius 1 is 0.895 bits per heavy atom. The van der Waals surface area contributed by atoms with Crippen molar-refractivity contribution in [1.29, 1.82) is 0 Å². The van der Waals surface area contributed by atoms with Gasteiger partial charge >= 0.3 is 0 Å². The first-order chi connectivity index (χ1) is 9.22. The Kier molecular flexibility index (Phi) is 2.93. The molecule has 19 heavy (non-hydrogen) atoms. The molecule has 4 nitrogen and oxygen atoms in total. The SMILES string of the molecule is Nc1nc2ccccc2nc1Oc1ccc(Cl)cc1. The van der Waals surface area contributed by atoms with Gasteiger partial charge in [0.2, 0.25) is 0 Å². The van der Waals surface area contributed by atoms with Crippen LogP contribution in [0.25, 0.3) is 11.0 Å². The van der Waals surface area contributed by atoms with Gasteiger partial charge in [-0.2, -0.15) is 0 Å². The number of anilines is 1. The minimum atomic E-state index is 0.258. The van der Waals surface area contributed by atoms with Crippen molar-refractivity contribution in [2.45, 2.75) is 0 Å². The summed E-state index contributed by atoms with van der Waals surface area (Å²) in [7, 11) is 0. The summed E-state index contributed by atoms with van der Waals surface area (Å²) in [5, 5.41) is 0.643. The lowest BCUT2D eigenvalue weighted by atomic mass is 10.3. The molecule has 0 aliphatic rings. The molecular formula is C14H10ClN3O. The smallest absolute Gasteiger partial charge is 0.263 e. The lowest BCUT2D eigenvalue weighted by Crippen LogP contribution is -1.99. The topological polar surface area (TPSA) is 61.0 Å². The van der Waals surface area contributed by atoms with Crippen molar-refractivity contribution >= 4 is 28.5 Å².